The van der Waals surface area contributed by atoms with Crippen molar-refractivity contribution in [3.63, 3.8) is 0 Å². The second kappa shape index (κ2) is 17.5. The van der Waals surface area contributed by atoms with E-state index in [4.69, 9.17) is 18.9 Å². The average molecular weight is 814 g/mol. The minimum atomic E-state index is -4.58. The van der Waals surface area contributed by atoms with Gasteiger partial charge in [-0.3, -0.25) is 9.55 Å². The predicted octanol–water partition coefficient (Wildman–Crippen LogP) is 8.57. The van der Waals surface area contributed by atoms with Crippen LogP contribution in [-0.2, 0) is 29.6 Å². The Kier molecular flexibility index (Phi) is 12.9. The summed E-state index contributed by atoms with van der Waals surface area (Å²) < 4.78 is 82.4. The molecule has 0 radical (unpaired) electrons. The number of allylic oxidation sites excluding steroid dienone is 1. The van der Waals surface area contributed by atoms with Gasteiger partial charge in [-0.2, -0.15) is 12.7 Å². The van der Waals surface area contributed by atoms with Gasteiger partial charge in [-0.05, 0) is 94.7 Å². The Labute approximate surface area is 335 Å². The van der Waals surface area contributed by atoms with Crippen molar-refractivity contribution in [1.82, 2.24) is 4.31 Å². The number of nitrogens with one attached hydrogen (secondary N) is 1. The molecule has 11 nitrogen and oxygen atoms in total. The first-order chi connectivity index (χ1) is 27.1. The van der Waals surface area contributed by atoms with Gasteiger partial charge in [0.2, 0.25) is 10.0 Å². The lowest BCUT2D eigenvalue weighted by atomic mass is 9.91. The second-order valence-corrected chi connectivity index (χ2v) is 17.8. The number of fused-ring (bicyclic) bond motifs is 2. The molecule has 3 aliphatic rings. The van der Waals surface area contributed by atoms with Gasteiger partial charge in [0.25, 0.3) is 10.1 Å². The van der Waals surface area contributed by atoms with Gasteiger partial charge in [0.15, 0.2) is 0 Å². The van der Waals surface area contributed by atoms with Crippen molar-refractivity contribution < 1.29 is 35.3 Å². The van der Waals surface area contributed by atoms with E-state index in [1.54, 1.807) is 30.4 Å². The van der Waals surface area contributed by atoms with E-state index in [0.29, 0.717) is 52.0 Å². The molecule has 2 unspecified atom stereocenters. The van der Waals surface area contributed by atoms with Crippen molar-refractivity contribution >= 4 is 42.5 Å². The highest BCUT2D eigenvalue weighted by atomic mass is 32.2. The summed E-state index contributed by atoms with van der Waals surface area (Å²) in [5.74, 6) is 0.191. The molecule has 2 atom stereocenters. The van der Waals surface area contributed by atoms with Crippen LogP contribution in [-0.4, -0.2) is 71.3 Å². The summed E-state index contributed by atoms with van der Waals surface area (Å²) in [5.41, 5.74) is 7.93. The first-order valence-corrected chi connectivity index (χ1v) is 22.0. The zero-order chi connectivity index (χ0) is 41.1. The molecule has 3 aromatic rings. The van der Waals surface area contributed by atoms with Crippen LogP contribution < -0.4 is 10.7 Å². The maximum Gasteiger partial charge on any atom is 0.295 e. The first-order valence-electron chi connectivity index (χ1n) is 19.1. The van der Waals surface area contributed by atoms with Gasteiger partial charge in [-0.15, -0.1) is 0 Å². The topological polar surface area (TPSA) is 148 Å². The van der Waals surface area contributed by atoms with Crippen LogP contribution in [0.5, 0.6) is 0 Å². The number of nitrogens with zero attached hydrogens (tertiary/aromatic N) is 2. The van der Waals surface area contributed by atoms with Gasteiger partial charge in [0, 0.05) is 77.8 Å². The second-order valence-electron chi connectivity index (χ2n) is 14.4. The molecule has 0 saturated heterocycles. The van der Waals surface area contributed by atoms with E-state index in [-0.39, 0.29) is 48.1 Å². The Balaban J connectivity index is 1.44. The number of benzene rings is 4. The maximum atomic E-state index is 13.9. The average Bonchev–Trinajstić information content (AvgIpc) is 3.15. The monoisotopic (exact) mass is 813 g/mol. The molecule has 0 spiro atoms. The van der Waals surface area contributed by atoms with Gasteiger partial charge in [0.05, 0.1) is 29.5 Å². The number of rotatable bonds is 15. The number of hydrogen-bond donors (Lipinski definition) is 2. The van der Waals surface area contributed by atoms with Gasteiger partial charge >= 0.3 is 0 Å². The van der Waals surface area contributed by atoms with E-state index >= 15 is 0 Å². The van der Waals surface area contributed by atoms with E-state index in [0.717, 1.165) is 28.1 Å². The third kappa shape index (κ3) is 9.25. The van der Waals surface area contributed by atoms with Crippen LogP contribution in [0.2, 0.25) is 0 Å². The molecule has 13 heteroatoms. The van der Waals surface area contributed by atoms with E-state index in [9.17, 15) is 21.4 Å². The van der Waals surface area contributed by atoms with Gasteiger partial charge in [-0.1, -0.05) is 48.9 Å². The predicted molar refractivity (Wildman–Crippen MR) is 226 cm³/mol. The lowest BCUT2D eigenvalue weighted by Crippen LogP contribution is -2.38. The Morgan fingerprint density at radius 3 is 2.14 bits per heavy atom. The molecule has 6 rings (SSSR count). The van der Waals surface area contributed by atoms with Gasteiger partial charge in [-0.25, -0.2) is 8.42 Å². The van der Waals surface area contributed by atoms with E-state index in [1.807, 2.05) is 64.1 Å². The Bertz CT molecular complexity index is 2580. The number of hydrogen-bond acceptors (Lipinski definition) is 9. The standard InChI is InChI=1S/C44H51N3O8S2/c1-8-53-20-18-47(19-21-54-9-2)56(48,49)35-24-31(6)44(32(7)25-35)46-34-15-17-37-40(27-34)55-39-26-33(45-43-29(4)22-28(3)23-30(43)5)14-16-36(39)42(37)38-12-10-11-13-41(38)57(50,51)52/h10-17,22-27,31,44-45H,8-9,18-21H2,1-7H3,(H,50,51,52). The minimum absolute atomic E-state index is 0.213. The third-order valence-corrected chi connectivity index (χ3v) is 13.0. The molecule has 0 aromatic heterocycles. The number of aryl methyl sites for hydroxylation is 3. The molecule has 2 N–H and O–H groups in total. The summed E-state index contributed by atoms with van der Waals surface area (Å²) in [4.78, 5) is 5.08. The molecule has 0 bridgehead atoms. The van der Waals surface area contributed by atoms with Crippen molar-refractivity contribution in [2.24, 2.45) is 10.9 Å². The van der Waals surface area contributed by atoms with Crippen LogP contribution >= 0.6 is 0 Å². The van der Waals surface area contributed by atoms with Crippen LogP contribution in [0.4, 0.5) is 11.4 Å². The van der Waals surface area contributed by atoms with Gasteiger partial charge < -0.3 is 19.2 Å². The fourth-order valence-corrected chi connectivity index (χ4v) is 9.88. The minimum Gasteiger partial charge on any atom is -0.456 e. The SMILES string of the molecule is CCOCCN(CCOCC)S(=O)(=O)C1=CC(C)C(N=c2ccc3c(-c4ccccc4S(=O)(=O)O)c4ccc(Nc5c(C)cc(C)cc5C)cc4oc-3c2)C(C)=C1. The Morgan fingerprint density at radius 1 is 0.842 bits per heavy atom. The zero-order valence-corrected chi connectivity index (χ0v) is 35.1. The molecule has 3 aromatic carbocycles. The molecule has 57 heavy (non-hydrogen) atoms. The summed E-state index contributed by atoms with van der Waals surface area (Å²) in [6.45, 7) is 15.7. The van der Waals surface area contributed by atoms with Crippen LogP contribution in [0, 0.1) is 26.7 Å². The zero-order valence-electron chi connectivity index (χ0n) is 33.5. The smallest absolute Gasteiger partial charge is 0.295 e. The lowest BCUT2D eigenvalue weighted by molar-refractivity contribution is 0.111. The Hall–Kier alpha value is -4.63. The highest BCUT2D eigenvalue weighted by Crippen LogP contribution is 2.43. The first kappa shape index (κ1) is 42.0. The summed E-state index contributed by atoms with van der Waals surface area (Å²) >= 11 is 0. The summed E-state index contributed by atoms with van der Waals surface area (Å²) in [6, 6.07) is 21.4. The van der Waals surface area contributed by atoms with Crippen molar-refractivity contribution in [1.29, 1.82) is 0 Å². The molecular weight excluding hydrogens is 763 g/mol. The largest absolute Gasteiger partial charge is 0.456 e. The maximum absolute atomic E-state index is 13.9. The lowest BCUT2D eigenvalue weighted by Gasteiger charge is -2.28. The van der Waals surface area contributed by atoms with Crippen LogP contribution in [0.1, 0.15) is 44.4 Å². The number of sulfonamides is 1. The molecule has 2 aliphatic carbocycles. The van der Waals surface area contributed by atoms with E-state index in [2.05, 4.69) is 38.2 Å². The highest BCUT2D eigenvalue weighted by molar-refractivity contribution is 7.93. The number of anilines is 2. The highest BCUT2D eigenvalue weighted by Gasteiger charge is 2.31. The molecular formula is C44H51N3O8S2. The molecule has 302 valence electrons. The quantitative estimate of drug-likeness (QED) is 0.0603. The summed E-state index contributed by atoms with van der Waals surface area (Å²) in [5, 5.41) is 4.79. The Morgan fingerprint density at radius 2 is 1.51 bits per heavy atom. The molecule has 1 aliphatic heterocycles. The fraction of sp³-hybridized carbons (Fsp3) is 0.341. The molecule has 0 amide bonds. The fourth-order valence-electron chi connectivity index (χ4n) is 7.53. The van der Waals surface area contributed by atoms with Gasteiger partial charge in [0.1, 0.15) is 16.2 Å². The van der Waals surface area contributed by atoms with Crippen LogP contribution in [0.3, 0.4) is 0 Å². The van der Waals surface area contributed by atoms with Crippen molar-refractivity contribution in [2.75, 3.05) is 44.8 Å². The van der Waals surface area contributed by atoms with Crippen molar-refractivity contribution in [2.45, 2.75) is 59.4 Å². The normalized spacial score (nSPS) is 16.7. The van der Waals surface area contributed by atoms with Crippen LogP contribution in [0.25, 0.3) is 33.4 Å². The molecule has 1 heterocycles. The van der Waals surface area contributed by atoms with Crippen molar-refractivity contribution in [3.05, 3.63) is 117 Å². The molecule has 0 saturated carbocycles. The summed E-state index contributed by atoms with van der Waals surface area (Å²) in [7, 11) is -8.42. The third-order valence-electron chi connectivity index (χ3n) is 10.2. The van der Waals surface area contributed by atoms with Crippen molar-refractivity contribution in [3.8, 4) is 22.5 Å². The number of ether oxygens (including phenoxy) is 2. The van der Waals surface area contributed by atoms with Crippen LogP contribution in [0.15, 0.2) is 110 Å². The van der Waals surface area contributed by atoms with E-state index in [1.165, 1.54) is 15.9 Å². The van der Waals surface area contributed by atoms with E-state index < -0.39 is 20.1 Å². The molecule has 0 fully saturated rings. The summed E-state index contributed by atoms with van der Waals surface area (Å²) in [6.07, 6.45) is 3.44.